The standard InChI is InChI=1S/C23H23NO4S2/c1-19-10-14-22(15-11-19)29(25,26)24(18-6-9-21-7-4-3-5-8-21)30(27,28)23-16-12-20(2)13-17-23/h3-17H,18H2,1-2H3/b9-6+. The van der Waals surface area contributed by atoms with Crippen molar-refractivity contribution < 1.29 is 16.8 Å². The summed E-state index contributed by atoms with van der Waals surface area (Å²) in [6.45, 7) is 3.35. The fraction of sp³-hybridized carbons (Fsp3) is 0.130. The Hall–Kier alpha value is -2.74. The van der Waals surface area contributed by atoms with E-state index in [-0.39, 0.29) is 16.3 Å². The van der Waals surface area contributed by atoms with Gasteiger partial charge in [-0.1, -0.05) is 81.6 Å². The second kappa shape index (κ2) is 8.95. The number of aryl methyl sites for hydroxylation is 2. The Labute approximate surface area is 178 Å². The van der Waals surface area contributed by atoms with Crippen molar-refractivity contribution in [3.05, 3.63) is 102 Å². The van der Waals surface area contributed by atoms with Crippen LogP contribution in [-0.4, -0.2) is 27.1 Å². The Bertz CT molecular complexity index is 1160. The minimum Gasteiger partial charge on any atom is -0.206 e. The fourth-order valence-electron chi connectivity index (χ4n) is 2.82. The van der Waals surface area contributed by atoms with Crippen LogP contribution in [0.15, 0.2) is 94.7 Å². The second-order valence-corrected chi connectivity index (χ2v) is 10.9. The SMILES string of the molecule is Cc1ccc(S(=O)(=O)N(C/C=C/c2ccccc2)S(=O)(=O)c2ccc(C)cc2)cc1. The van der Waals surface area contributed by atoms with E-state index in [1.807, 2.05) is 44.2 Å². The summed E-state index contributed by atoms with van der Waals surface area (Å²) in [5.74, 6) is 0. The molecule has 30 heavy (non-hydrogen) atoms. The quantitative estimate of drug-likeness (QED) is 0.545. The number of sulfonamides is 2. The predicted molar refractivity (Wildman–Crippen MR) is 119 cm³/mol. The summed E-state index contributed by atoms with van der Waals surface area (Å²) in [7, 11) is -8.59. The number of benzene rings is 3. The molecule has 0 aliphatic heterocycles. The van der Waals surface area contributed by atoms with E-state index in [2.05, 4.69) is 0 Å². The lowest BCUT2D eigenvalue weighted by atomic mass is 10.2. The van der Waals surface area contributed by atoms with Crippen LogP contribution in [0.25, 0.3) is 6.08 Å². The molecule has 0 fully saturated rings. The highest BCUT2D eigenvalue weighted by Gasteiger charge is 2.35. The highest BCUT2D eigenvalue weighted by Crippen LogP contribution is 2.25. The maximum atomic E-state index is 13.3. The van der Waals surface area contributed by atoms with Crippen molar-refractivity contribution in [2.75, 3.05) is 6.54 Å². The zero-order chi connectivity index (χ0) is 21.8. The van der Waals surface area contributed by atoms with Gasteiger partial charge in [-0.3, -0.25) is 0 Å². The van der Waals surface area contributed by atoms with Crippen LogP contribution in [-0.2, 0) is 20.0 Å². The molecule has 0 bridgehead atoms. The van der Waals surface area contributed by atoms with Crippen LogP contribution in [0, 0.1) is 13.8 Å². The lowest BCUT2D eigenvalue weighted by Crippen LogP contribution is -2.37. The van der Waals surface area contributed by atoms with E-state index in [0.29, 0.717) is 3.71 Å². The van der Waals surface area contributed by atoms with Crippen LogP contribution in [0.5, 0.6) is 0 Å². The average Bonchev–Trinajstić information content (AvgIpc) is 2.72. The van der Waals surface area contributed by atoms with Crippen molar-refractivity contribution in [1.29, 1.82) is 0 Å². The van der Waals surface area contributed by atoms with E-state index in [1.54, 1.807) is 30.3 Å². The highest BCUT2D eigenvalue weighted by atomic mass is 32.3. The molecule has 7 heteroatoms. The molecule has 0 atom stereocenters. The Morgan fingerprint density at radius 1 is 0.667 bits per heavy atom. The van der Waals surface area contributed by atoms with Gasteiger partial charge in [0, 0.05) is 6.54 Å². The first-order valence-corrected chi connectivity index (χ1v) is 12.2. The molecule has 0 aliphatic rings. The van der Waals surface area contributed by atoms with E-state index < -0.39 is 20.0 Å². The minimum atomic E-state index is -4.29. The molecular weight excluding hydrogens is 418 g/mol. The molecule has 3 rings (SSSR count). The van der Waals surface area contributed by atoms with Gasteiger partial charge in [0.15, 0.2) is 0 Å². The first-order chi connectivity index (χ1) is 14.2. The molecule has 3 aromatic carbocycles. The summed E-state index contributed by atoms with van der Waals surface area (Å²) in [5, 5.41) is 0. The number of hydrogen-bond donors (Lipinski definition) is 0. The van der Waals surface area contributed by atoms with E-state index in [0.717, 1.165) is 16.7 Å². The third kappa shape index (κ3) is 4.87. The molecule has 0 unspecified atom stereocenters. The summed E-state index contributed by atoms with van der Waals surface area (Å²) in [6.07, 6.45) is 3.23. The van der Waals surface area contributed by atoms with Gasteiger partial charge in [0.2, 0.25) is 0 Å². The molecule has 156 valence electrons. The third-order valence-corrected chi connectivity index (χ3v) is 8.82. The van der Waals surface area contributed by atoms with E-state index in [4.69, 9.17) is 0 Å². The van der Waals surface area contributed by atoms with E-state index in [9.17, 15) is 16.8 Å². The van der Waals surface area contributed by atoms with E-state index in [1.165, 1.54) is 30.3 Å². The minimum absolute atomic E-state index is 0.0723. The molecule has 5 nitrogen and oxygen atoms in total. The topological polar surface area (TPSA) is 71.5 Å². The van der Waals surface area contributed by atoms with Gasteiger partial charge < -0.3 is 0 Å². The van der Waals surface area contributed by atoms with Crippen molar-refractivity contribution in [3.8, 4) is 0 Å². The van der Waals surface area contributed by atoms with Gasteiger partial charge in [0.1, 0.15) is 0 Å². The van der Waals surface area contributed by atoms with Gasteiger partial charge in [-0.15, -0.1) is 0 Å². The first kappa shape index (κ1) is 22.0. The number of hydrogen-bond acceptors (Lipinski definition) is 4. The smallest absolute Gasteiger partial charge is 0.206 e. The van der Waals surface area contributed by atoms with Gasteiger partial charge in [-0.05, 0) is 43.7 Å². The monoisotopic (exact) mass is 441 g/mol. The van der Waals surface area contributed by atoms with Crippen LogP contribution >= 0.6 is 0 Å². The predicted octanol–water partition coefficient (Wildman–Crippen LogP) is 4.40. The van der Waals surface area contributed by atoms with Gasteiger partial charge >= 0.3 is 0 Å². The zero-order valence-corrected chi connectivity index (χ0v) is 18.4. The fourth-order valence-corrected chi connectivity index (χ4v) is 6.36. The molecule has 0 N–H and O–H groups in total. The molecule has 0 spiro atoms. The first-order valence-electron chi connectivity index (χ1n) is 9.34. The lowest BCUT2D eigenvalue weighted by molar-refractivity contribution is 0.513. The normalized spacial score (nSPS) is 12.5. The van der Waals surface area contributed by atoms with Gasteiger partial charge in [-0.25, -0.2) is 16.8 Å². The van der Waals surface area contributed by atoms with Gasteiger partial charge in [0.25, 0.3) is 20.0 Å². The maximum Gasteiger partial charge on any atom is 0.256 e. The molecular formula is C23H23NO4S2. The number of rotatable bonds is 7. The molecule has 3 aromatic rings. The lowest BCUT2D eigenvalue weighted by Gasteiger charge is -2.21. The second-order valence-electron chi connectivity index (χ2n) is 6.90. The Morgan fingerprint density at radius 3 is 1.53 bits per heavy atom. The maximum absolute atomic E-state index is 13.3. The van der Waals surface area contributed by atoms with Gasteiger partial charge in [-0.2, -0.15) is 0 Å². The molecule has 0 saturated carbocycles. The van der Waals surface area contributed by atoms with E-state index >= 15 is 0 Å². The van der Waals surface area contributed by atoms with Crippen LogP contribution in [0.2, 0.25) is 0 Å². The Balaban J connectivity index is 2.04. The molecule has 0 aliphatic carbocycles. The van der Waals surface area contributed by atoms with Crippen LogP contribution < -0.4 is 0 Å². The Morgan fingerprint density at radius 2 is 1.10 bits per heavy atom. The average molecular weight is 442 g/mol. The van der Waals surface area contributed by atoms with Crippen molar-refractivity contribution >= 4 is 26.1 Å². The zero-order valence-electron chi connectivity index (χ0n) is 16.8. The summed E-state index contributed by atoms with van der Waals surface area (Å²) < 4.78 is 53.7. The van der Waals surface area contributed by atoms with Crippen molar-refractivity contribution in [2.24, 2.45) is 0 Å². The van der Waals surface area contributed by atoms with Crippen LogP contribution in [0.3, 0.4) is 0 Å². The molecule has 0 amide bonds. The summed E-state index contributed by atoms with van der Waals surface area (Å²) in [4.78, 5) is -0.145. The summed E-state index contributed by atoms with van der Waals surface area (Å²) in [5.41, 5.74) is 2.61. The molecule has 0 saturated heterocycles. The largest absolute Gasteiger partial charge is 0.256 e. The van der Waals surface area contributed by atoms with Crippen LogP contribution in [0.4, 0.5) is 0 Å². The molecule has 0 radical (unpaired) electrons. The van der Waals surface area contributed by atoms with Gasteiger partial charge in [0.05, 0.1) is 9.79 Å². The molecule has 0 heterocycles. The van der Waals surface area contributed by atoms with Crippen molar-refractivity contribution in [3.63, 3.8) is 0 Å². The Kier molecular flexibility index (Phi) is 6.55. The van der Waals surface area contributed by atoms with Crippen LogP contribution in [0.1, 0.15) is 16.7 Å². The van der Waals surface area contributed by atoms with Crippen molar-refractivity contribution in [2.45, 2.75) is 23.6 Å². The highest BCUT2D eigenvalue weighted by molar-refractivity contribution is 8.04. The number of nitrogens with zero attached hydrogens (tertiary/aromatic N) is 1. The summed E-state index contributed by atoms with van der Waals surface area (Å²) >= 11 is 0. The third-order valence-electron chi connectivity index (χ3n) is 4.54. The van der Waals surface area contributed by atoms with Crippen molar-refractivity contribution in [1.82, 2.24) is 3.71 Å². The summed E-state index contributed by atoms with van der Waals surface area (Å²) in [6, 6.07) is 21.5. The molecule has 0 aromatic heterocycles.